The molecule has 0 amide bonds. The first-order valence-corrected chi connectivity index (χ1v) is 7.13. The van der Waals surface area contributed by atoms with Crippen molar-refractivity contribution in [3.63, 3.8) is 0 Å². The molecule has 0 aliphatic carbocycles. The lowest BCUT2D eigenvalue weighted by molar-refractivity contribution is -0.137. The van der Waals surface area contributed by atoms with Crippen LogP contribution in [0.4, 0.5) is 13.2 Å². The van der Waals surface area contributed by atoms with Crippen LogP contribution < -0.4 is 5.32 Å². The molecule has 1 atom stereocenters. The molecule has 2 aromatic heterocycles. The maximum atomic E-state index is 12.5. The van der Waals surface area contributed by atoms with E-state index in [4.69, 9.17) is 5.11 Å². The van der Waals surface area contributed by atoms with Gasteiger partial charge < -0.3 is 10.4 Å². The maximum Gasteiger partial charge on any atom is 0.417 e. The molecule has 0 saturated heterocycles. The Labute approximate surface area is 131 Å². The number of rotatable bonds is 6. The van der Waals surface area contributed by atoms with Crippen LogP contribution in [-0.2, 0) is 12.7 Å². The van der Waals surface area contributed by atoms with Crippen LogP contribution in [0.3, 0.4) is 0 Å². The van der Waals surface area contributed by atoms with Crippen molar-refractivity contribution in [3.8, 4) is 11.5 Å². The van der Waals surface area contributed by atoms with Crippen molar-refractivity contribution in [2.24, 2.45) is 0 Å². The number of aromatic nitrogens is 3. The monoisotopic (exact) mass is 326 g/mol. The lowest BCUT2D eigenvalue weighted by Crippen LogP contribution is -2.31. The minimum absolute atomic E-state index is 0.0227. The Balaban J connectivity index is 2.13. The van der Waals surface area contributed by atoms with E-state index in [1.54, 1.807) is 6.07 Å². The first kappa shape index (κ1) is 17.3. The maximum absolute atomic E-state index is 12.5. The summed E-state index contributed by atoms with van der Waals surface area (Å²) in [5.41, 5.74) is 0.130. The van der Waals surface area contributed by atoms with Crippen molar-refractivity contribution in [1.29, 1.82) is 0 Å². The van der Waals surface area contributed by atoms with Crippen molar-refractivity contribution in [2.45, 2.75) is 32.1 Å². The van der Waals surface area contributed by atoms with E-state index in [1.165, 1.54) is 12.3 Å². The summed E-state index contributed by atoms with van der Waals surface area (Å²) in [5.74, 6) is 0.259. The Bertz CT molecular complexity index is 627. The highest BCUT2D eigenvalue weighted by Crippen LogP contribution is 2.29. The summed E-state index contributed by atoms with van der Waals surface area (Å²) in [5, 5.41) is 12.3. The normalized spacial score (nSPS) is 13.1. The molecule has 0 aromatic carbocycles. The van der Waals surface area contributed by atoms with E-state index < -0.39 is 11.7 Å². The van der Waals surface area contributed by atoms with Gasteiger partial charge >= 0.3 is 6.18 Å². The van der Waals surface area contributed by atoms with Gasteiger partial charge in [0.2, 0.25) is 0 Å². The largest absolute Gasteiger partial charge is 0.417 e. The molecule has 23 heavy (non-hydrogen) atoms. The average Bonchev–Trinajstić information content (AvgIpc) is 2.55. The zero-order valence-electron chi connectivity index (χ0n) is 12.5. The van der Waals surface area contributed by atoms with E-state index in [0.717, 1.165) is 18.7 Å². The third-order valence-corrected chi connectivity index (χ3v) is 3.32. The molecule has 0 saturated carbocycles. The van der Waals surface area contributed by atoms with Crippen molar-refractivity contribution < 1.29 is 18.3 Å². The van der Waals surface area contributed by atoms with Crippen molar-refractivity contribution in [3.05, 3.63) is 41.9 Å². The van der Waals surface area contributed by atoms with Crippen LogP contribution in [0.1, 0.15) is 24.6 Å². The van der Waals surface area contributed by atoms with Crippen molar-refractivity contribution in [2.75, 3.05) is 6.61 Å². The molecule has 8 heteroatoms. The lowest BCUT2D eigenvalue weighted by atomic mass is 10.2. The molecular weight excluding hydrogens is 309 g/mol. The second-order valence-electron chi connectivity index (χ2n) is 4.97. The number of aliphatic hydroxyl groups is 1. The van der Waals surface area contributed by atoms with Gasteiger partial charge in [0.1, 0.15) is 5.69 Å². The van der Waals surface area contributed by atoms with Gasteiger partial charge in [-0.2, -0.15) is 13.2 Å². The topological polar surface area (TPSA) is 70.9 Å². The van der Waals surface area contributed by atoms with Crippen LogP contribution in [0.15, 0.2) is 30.6 Å². The summed E-state index contributed by atoms with van der Waals surface area (Å²) in [6, 6.07) is 3.87. The number of nitrogens with zero attached hydrogens (tertiary/aromatic N) is 3. The number of halogens is 3. The van der Waals surface area contributed by atoms with Gasteiger partial charge in [0.25, 0.3) is 0 Å². The second-order valence-corrected chi connectivity index (χ2v) is 4.97. The predicted molar refractivity (Wildman–Crippen MR) is 78.3 cm³/mol. The summed E-state index contributed by atoms with van der Waals surface area (Å²) in [7, 11) is 0. The van der Waals surface area contributed by atoms with E-state index in [2.05, 4.69) is 20.3 Å². The minimum atomic E-state index is -4.42. The fourth-order valence-electron chi connectivity index (χ4n) is 1.90. The Morgan fingerprint density at radius 2 is 2.00 bits per heavy atom. The lowest BCUT2D eigenvalue weighted by Gasteiger charge is -2.13. The summed E-state index contributed by atoms with van der Waals surface area (Å²) in [6.45, 7) is 2.40. The van der Waals surface area contributed by atoms with Crippen LogP contribution in [0.5, 0.6) is 0 Å². The van der Waals surface area contributed by atoms with Gasteiger partial charge in [-0.3, -0.25) is 4.98 Å². The second kappa shape index (κ2) is 7.47. The van der Waals surface area contributed by atoms with E-state index in [9.17, 15) is 13.2 Å². The van der Waals surface area contributed by atoms with Crippen LogP contribution in [0.2, 0.25) is 0 Å². The van der Waals surface area contributed by atoms with Crippen LogP contribution >= 0.6 is 0 Å². The summed E-state index contributed by atoms with van der Waals surface area (Å²) in [4.78, 5) is 12.1. The van der Waals surface area contributed by atoms with E-state index in [-0.39, 0.29) is 24.2 Å². The molecule has 2 N–H and O–H groups in total. The fraction of sp³-hybridized carbons (Fsp3) is 0.400. The third-order valence-electron chi connectivity index (χ3n) is 3.32. The van der Waals surface area contributed by atoms with Gasteiger partial charge in [-0.1, -0.05) is 6.92 Å². The Morgan fingerprint density at radius 1 is 1.22 bits per heavy atom. The Kier molecular flexibility index (Phi) is 5.62. The van der Waals surface area contributed by atoms with Gasteiger partial charge in [-0.25, -0.2) is 9.97 Å². The minimum Gasteiger partial charge on any atom is -0.395 e. The number of pyridine rings is 1. The molecule has 5 nitrogen and oxygen atoms in total. The summed E-state index contributed by atoms with van der Waals surface area (Å²) < 4.78 is 37.6. The number of alkyl halides is 3. The molecule has 2 rings (SSSR count). The molecule has 0 aliphatic heterocycles. The quantitative estimate of drug-likeness (QED) is 0.853. The van der Waals surface area contributed by atoms with Crippen LogP contribution in [0.25, 0.3) is 11.5 Å². The zero-order chi connectivity index (χ0) is 16.9. The smallest absolute Gasteiger partial charge is 0.395 e. The van der Waals surface area contributed by atoms with Crippen molar-refractivity contribution in [1.82, 2.24) is 20.3 Å². The highest BCUT2D eigenvalue weighted by atomic mass is 19.4. The standard InChI is InChI=1S/C15H17F3N4O/c1-2-11(9-23)20-8-12-5-6-19-14(22-12)13-4-3-10(7-21-13)15(16,17)18/h3-7,11,20,23H,2,8-9H2,1H3/t11-/m1/s1. The van der Waals surface area contributed by atoms with Gasteiger partial charge in [0, 0.05) is 25.0 Å². The highest BCUT2D eigenvalue weighted by molar-refractivity contribution is 5.49. The number of hydrogen-bond acceptors (Lipinski definition) is 5. The molecule has 0 bridgehead atoms. The molecule has 124 valence electrons. The number of nitrogens with one attached hydrogen (secondary N) is 1. The Hall–Kier alpha value is -2.06. The number of aliphatic hydroxyl groups excluding tert-OH is 1. The average molecular weight is 326 g/mol. The van der Waals surface area contributed by atoms with Crippen LogP contribution in [0, 0.1) is 0 Å². The summed E-state index contributed by atoms with van der Waals surface area (Å²) >= 11 is 0. The molecular formula is C15H17F3N4O. The van der Waals surface area contributed by atoms with E-state index in [0.29, 0.717) is 12.2 Å². The first-order valence-electron chi connectivity index (χ1n) is 7.13. The molecule has 0 aliphatic rings. The highest BCUT2D eigenvalue weighted by Gasteiger charge is 2.30. The fourth-order valence-corrected chi connectivity index (χ4v) is 1.90. The van der Waals surface area contributed by atoms with E-state index >= 15 is 0 Å². The Morgan fingerprint density at radius 3 is 2.57 bits per heavy atom. The molecule has 0 fully saturated rings. The SMILES string of the molecule is CC[C@H](CO)NCc1ccnc(-c2ccc(C(F)(F)F)cn2)n1. The first-order chi connectivity index (χ1) is 10.9. The van der Waals surface area contributed by atoms with Crippen LogP contribution in [-0.4, -0.2) is 32.7 Å². The van der Waals surface area contributed by atoms with Gasteiger partial charge in [-0.05, 0) is 24.6 Å². The number of hydrogen-bond donors (Lipinski definition) is 2. The van der Waals surface area contributed by atoms with Gasteiger partial charge in [0.15, 0.2) is 5.82 Å². The molecule has 2 aromatic rings. The van der Waals surface area contributed by atoms with Crippen molar-refractivity contribution >= 4 is 0 Å². The molecule has 2 heterocycles. The van der Waals surface area contributed by atoms with Gasteiger partial charge in [-0.15, -0.1) is 0 Å². The molecule has 0 radical (unpaired) electrons. The summed E-state index contributed by atoms with van der Waals surface area (Å²) in [6.07, 6.45) is -1.35. The third kappa shape index (κ3) is 4.70. The molecule has 0 spiro atoms. The zero-order valence-corrected chi connectivity index (χ0v) is 12.5. The van der Waals surface area contributed by atoms with Gasteiger partial charge in [0.05, 0.1) is 17.9 Å². The predicted octanol–water partition coefficient (Wildman–Crippen LogP) is 2.42. The molecule has 0 unspecified atom stereocenters. The van der Waals surface area contributed by atoms with E-state index in [1.807, 2.05) is 6.92 Å².